The molecule has 12 N–H and O–H groups in total. The van der Waals surface area contributed by atoms with Crippen molar-refractivity contribution in [1.29, 1.82) is 0 Å². The van der Waals surface area contributed by atoms with Crippen LogP contribution in [0.4, 0.5) is 0 Å². The zero-order valence-corrected chi connectivity index (χ0v) is 21.2. The molecule has 0 saturated heterocycles. The van der Waals surface area contributed by atoms with Gasteiger partial charge >= 0.3 is 5.97 Å². The van der Waals surface area contributed by atoms with Gasteiger partial charge < -0.3 is 48.5 Å². The molecule has 0 radical (unpaired) electrons. The number of carboxylic acids is 1. The minimum absolute atomic E-state index is 0.0556. The Morgan fingerprint density at radius 3 is 2.11 bits per heavy atom. The van der Waals surface area contributed by atoms with Gasteiger partial charge in [-0.3, -0.25) is 19.4 Å². The number of hydrogen-bond acceptors (Lipinski definition) is 9. The molecule has 3 amide bonds. The highest BCUT2D eigenvalue weighted by atomic mass is 32.1. The van der Waals surface area contributed by atoms with Gasteiger partial charge in [-0.25, -0.2) is 4.79 Å². The number of phenols is 1. The van der Waals surface area contributed by atoms with Crippen LogP contribution in [0.1, 0.15) is 25.3 Å². The smallest absolute Gasteiger partial charge is 0.327 e. The fourth-order valence-corrected chi connectivity index (χ4v) is 3.38. The summed E-state index contributed by atoms with van der Waals surface area (Å²) in [6.45, 7) is 1.39. The van der Waals surface area contributed by atoms with Crippen LogP contribution in [0.25, 0.3) is 0 Å². The Hall–Kier alpha value is -3.56. The van der Waals surface area contributed by atoms with Crippen molar-refractivity contribution >= 4 is 42.3 Å². The van der Waals surface area contributed by atoms with Crippen LogP contribution in [0.2, 0.25) is 0 Å². The largest absolute Gasteiger partial charge is 0.508 e. The number of hydrogen-bond donors (Lipinski definition) is 10. The Bertz CT molecular complexity index is 955. The summed E-state index contributed by atoms with van der Waals surface area (Å²) in [7, 11) is 0. The van der Waals surface area contributed by atoms with Gasteiger partial charge in [0.1, 0.15) is 23.9 Å². The summed E-state index contributed by atoms with van der Waals surface area (Å²) in [5.41, 5.74) is 17.3. The van der Waals surface area contributed by atoms with E-state index in [2.05, 4.69) is 33.6 Å². The van der Waals surface area contributed by atoms with E-state index in [1.165, 1.54) is 19.1 Å². The van der Waals surface area contributed by atoms with E-state index in [1.54, 1.807) is 12.1 Å². The zero-order chi connectivity index (χ0) is 28.1. The number of aromatic hydroxyl groups is 1. The van der Waals surface area contributed by atoms with Crippen LogP contribution in [-0.2, 0) is 25.6 Å². The number of carbonyl (C=O) groups excluding carboxylic acids is 3. The summed E-state index contributed by atoms with van der Waals surface area (Å²) in [6, 6.07) is 1.01. The molecular formula is C22H35N7O7S. The summed E-state index contributed by atoms with van der Waals surface area (Å²) in [5.74, 6) is -4.07. The number of carboxylic acid groups (broad SMARTS) is 1. The van der Waals surface area contributed by atoms with Gasteiger partial charge in [-0.1, -0.05) is 12.1 Å². The molecule has 1 aromatic carbocycles. The zero-order valence-electron chi connectivity index (χ0n) is 20.3. The Kier molecular flexibility index (Phi) is 13.2. The van der Waals surface area contributed by atoms with E-state index < -0.39 is 54.0 Å². The van der Waals surface area contributed by atoms with Crippen LogP contribution in [0, 0.1) is 0 Å². The number of thiol groups is 1. The number of guanidine groups is 1. The van der Waals surface area contributed by atoms with E-state index in [0.29, 0.717) is 5.56 Å². The van der Waals surface area contributed by atoms with E-state index >= 15 is 0 Å². The monoisotopic (exact) mass is 541 g/mol. The maximum Gasteiger partial charge on any atom is 0.327 e. The highest BCUT2D eigenvalue weighted by Crippen LogP contribution is 2.11. The second kappa shape index (κ2) is 15.5. The number of aliphatic imine (C=N–C) groups is 1. The number of amides is 3. The second-order valence-corrected chi connectivity index (χ2v) is 8.66. The van der Waals surface area contributed by atoms with Gasteiger partial charge in [-0.05, 0) is 43.9 Å². The maximum atomic E-state index is 13.0. The summed E-state index contributed by atoms with van der Waals surface area (Å²) in [6.07, 6.45) is -0.945. The molecule has 206 valence electrons. The number of nitrogens with two attached hydrogens (primary N) is 3. The molecule has 0 fully saturated rings. The first kappa shape index (κ1) is 31.5. The lowest BCUT2D eigenvalue weighted by Gasteiger charge is -2.26. The lowest BCUT2D eigenvalue weighted by molar-refractivity contribution is -0.142. The first-order valence-electron chi connectivity index (χ1n) is 11.4. The van der Waals surface area contributed by atoms with Crippen molar-refractivity contribution in [3.63, 3.8) is 0 Å². The average molecular weight is 542 g/mol. The summed E-state index contributed by atoms with van der Waals surface area (Å²) < 4.78 is 0. The molecule has 0 spiro atoms. The minimum atomic E-state index is -1.52. The number of aliphatic hydroxyl groups excluding tert-OH is 1. The van der Waals surface area contributed by atoms with Gasteiger partial charge in [-0.15, -0.1) is 0 Å². The first-order valence-corrected chi connectivity index (χ1v) is 12.0. The Morgan fingerprint density at radius 2 is 1.59 bits per heavy atom. The summed E-state index contributed by atoms with van der Waals surface area (Å²) in [4.78, 5) is 53.4. The number of phenolic OH excluding ortho intramolecular Hbond substituents is 1. The Morgan fingerprint density at radius 1 is 1.00 bits per heavy atom. The molecule has 1 rings (SSSR count). The topological polar surface area (TPSA) is 255 Å². The molecule has 0 aliphatic rings. The van der Waals surface area contributed by atoms with Crippen LogP contribution < -0.4 is 33.2 Å². The van der Waals surface area contributed by atoms with Crippen LogP contribution in [0.3, 0.4) is 0 Å². The molecule has 37 heavy (non-hydrogen) atoms. The maximum absolute atomic E-state index is 13.0. The molecule has 0 heterocycles. The molecule has 0 aliphatic heterocycles. The van der Waals surface area contributed by atoms with E-state index in [0.717, 1.165) is 0 Å². The standard InChI is InChI=1S/C22H35N7O7S/c1-11(30)17(20(34)28-16(10-37)21(35)36)29-19(33)15(3-2-8-26-22(24)25)27-18(32)14(23)9-12-4-6-13(31)7-5-12/h4-7,11,14-17,30-31,37H,2-3,8-10,23H2,1H3,(H,27,32)(H,28,34)(H,29,33)(H,35,36)(H4,24,25,26). The second-order valence-electron chi connectivity index (χ2n) is 8.30. The third-order valence-corrected chi connectivity index (χ3v) is 5.53. The molecule has 5 unspecified atom stereocenters. The van der Waals surface area contributed by atoms with Crippen molar-refractivity contribution < 1.29 is 34.5 Å². The van der Waals surface area contributed by atoms with Gasteiger partial charge in [0.25, 0.3) is 0 Å². The van der Waals surface area contributed by atoms with Crippen LogP contribution in [0.5, 0.6) is 5.75 Å². The Balaban J connectivity index is 2.97. The summed E-state index contributed by atoms with van der Waals surface area (Å²) >= 11 is 3.87. The third kappa shape index (κ3) is 11.4. The number of carbonyl (C=O) groups is 4. The molecular weight excluding hydrogens is 506 g/mol. The molecule has 0 aromatic heterocycles. The van der Waals surface area contributed by atoms with Crippen LogP contribution in [0.15, 0.2) is 29.3 Å². The van der Waals surface area contributed by atoms with E-state index in [-0.39, 0.29) is 43.3 Å². The predicted molar refractivity (Wildman–Crippen MR) is 139 cm³/mol. The molecule has 0 saturated carbocycles. The van der Waals surface area contributed by atoms with Crippen molar-refractivity contribution in [2.24, 2.45) is 22.2 Å². The molecule has 0 bridgehead atoms. The average Bonchev–Trinajstić information content (AvgIpc) is 2.83. The number of aliphatic carboxylic acids is 1. The van der Waals surface area contributed by atoms with Crippen molar-refractivity contribution in [2.75, 3.05) is 12.3 Å². The molecule has 15 heteroatoms. The number of rotatable bonds is 15. The van der Waals surface area contributed by atoms with Gasteiger partial charge in [0.05, 0.1) is 12.1 Å². The first-order chi connectivity index (χ1) is 17.3. The van der Waals surface area contributed by atoms with Crippen molar-refractivity contribution in [3.8, 4) is 5.75 Å². The number of nitrogens with zero attached hydrogens (tertiary/aromatic N) is 1. The van der Waals surface area contributed by atoms with Crippen molar-refractivity contribution in [3.05, 3.63) is 29.8 Å². The highest BCUT2D eigenvalue weighted by Gasteiger charge is 2.32. The minimum Gasteiger partial charge on any atom is -0.508 e. The fraction of sp³-hybridized carbons (Fsp3) is 0.500. The van der Waals surface area contributed by atoms with E-state index in [1.807, 2.05) is 0 Å². The lowest BCUT2D eigenvalue weighted by atomic mass is 10.0. The van der Waals surface area contributed by atoms with Gasteiger partial charge in [0.15, 0.2) is 5.96 Å². The molecule has 0 aliphatic carbocycles. The quantitative estimate of drug-likeness (QED) is 0.0471. The fourth-order valence-electron chi connectivity index (χ4n) is 3.14. The van der Waals surface area contributed by atoms with Crippen molar-refractivity contribution in [2.45, 2.75) is 56.5 Å². The summed E-state index contributed by atoms with van der Waals surface area (Å²) in [5, 5.41) is 35.6. The SMILES string of the molecule is CC(O)C(NC(=O)C(CCCN=C(N)N)NC(=O)C(N)Cc1ccc(O)cc1)C(=O)NC(CS)C(=O)O. The Labute approximate surface area is 219 Å². The number of aliphatic hydroxyl groups is 1. The third-order valence-electron chi connectivity index (χ3n) is 5.17. The van der Waals surface area contributed by atoms with E-state index in [9.17, 15) is 29.4 Å². The van der Waals surface area contributed by atoms with Gasteiger partial charge in [0, 0.05) is 12.3 Å². The normalized spacial score (nSPS) is 14.8. The van der Waals surface area contributed by atoms with Crippen LogP contribution in [-0.4, -0.2) is 87.5 Å². The van der Waals surface area contributed by atoms with Gasteiger partial charge in [-0.2, -0.15) is 12.6 Å². The van der Waals surface area contributed by atoms with Crippen molar-refractivity contribution in [1.82, 2.24) is 16.0 Å². The lowest BCUT2D eigenvalue weighted by Crippen LogP contribution is -2.60. The molecule has 1 aromatic rings. The van der Waals surface area contributed by atoms with Gasteiger partial charge in [0.2, 0.25) is 17.7 Å². The van der Waals surface area contributed by atoms with Crippen LogP contribution >= 0.6 is 12.6 Å². The number of nitrogens with one attached hydrogen (secondary N) is 3. The predicted octanol–water partition coefficient (Wildman–Crippen LogP) is -2.83. The highest BCUT2D eigenvalue weighted by molar-refractivity contribution is 7.80. The number of benzene rings is 1. The molecule has 14 nitrogen and oxygen atoms in total. The van der Waals surface area contributed by atoms with E-state index in [4.69, 9.17) is 22.3 Å². The molecule has 5 atom stereocenters.